The highest BCUT2D eigenvalue weighted by Crippen LogP contribution is 2.31. The molecule has 0 spiro atoms. The molecule has 5 heteroatoms. The highest BCUT2D eigenvalue weighted by atomic mass is 79.9. The van der Waals surface area contributed by atoms with Gasteiger partial charge in [-0.2, -0.15) is 0 Å². The van der Waals surface area contributed by atoms with E-state index in [4.69, 9.17) is 0 Å². The van der Waals surface area contributed by atoms with Crippen LogP contribution in [0.4, 0.5) is 11.4 Å². The third kappa shape index (κ3) is 4.29. The minimum Gasteiger partial charge on any atom is -0.354 e. The molecule has 0 aliphatic carbocycles. The minimum atomic E-state index is -0.00974. The number of anilines is 2. The summed E-state index contributed by atoms with van der Waals surface area (Å²) in [6.45, 7) is 2.58. The van der Waals surface area contributed by atoms with Gasteiger partial charge in [0.05, 0.1) is 16.8 Å². The summed E-state index contributed by atoms with van der Waals surface area (Å²) >= 11 is 3.51. The van der Waals surface area contributed by atoms with E-state index in [0.717, 1.165) is 39.7 Å². The van der Waals surface area contributed by atoms with Crippen LogP contribution in [0, 0.1) is 0 Å². The standard InChI is InChI=1S/C21H22BrN3O/c1-14(26)19-13-23-20-9-6-16(22)12-18(20)21(19)24-17-7-4-15(5-8-17)10-11-25(2)3/h4-9,12-13H,10-11H2,1-3H3,(H,23,24). The summed E-state index contributed by atoms with van der Waals surface area (Å²) in [6.07, 6.45) is 2.66. The van der Waals surface area contributed by atoms with E-state index in [1.807, 2.05) is 18.2 Å². The minimum absolute atomic E-state index is 0.00974. The van der Waals surface area contributed by atoms with Crippen molar-refractivity contribution >= 4 is 44.0 Å². The second kappa shape index (κ2) is 7.98. The number of nitrogens with one attached hydrogen (secondary N) is 1. The molecule has 1 aromatic heterocycles. The van der Waals surface area contributed by atoms with Gasteiger partial charge < -0.3 is 10.2 Å². The number of aromatic nitrogens is 1. The van der Waals surface area contributed by atoms with Crippen LogP contribution < -0.4 is 5.32 Å². The van der Waals surface area contributed by atoms with Crippen LogP contribution in [-0.2, 0) is 6.42 Å². The van der Waals surface area contributed by atoms with E-state index >= 15 is 0 Å². The lowest BCUT2D eigenvalue weighted by atomic mass is 10.1. The first-order chi connectivity index (χ1) is 12.4. The molecule has 0 bridgehead atoms. The molecule has 0 aliphatic rings. The summed E-state index contributed by atoms with van der Waals surface area (Å²) in [4.78, 5) is 18.7. The Bertz CT molecular complexity index is 936. The lowest BCUT2D eigenvalue weighted by Crippen LogP contribution is -2.14. The Morgan fingerprint density at radius 2 is 1.88 bits per heavy atom. The third-order valence-electron chi connectivity index (χ3n) is 4.28. The Morgan fingerprint density at radius 3 is 2.54 bits per heavy atom. The molecule has 1 N–H and O–H groups in total. The van der Waals surface area contributed by atoms with E-state index in [2.05, 4.69) is 69.5 Å². The number of hydrogen-bond donors (Lipinski definition) is 1. The van der Waals surface area contributed by atoms with Crippen molar-refractivity contribution in [3.05, 3.63) is 64.3 Å². The highest BCUT2D eigenvalue weighted by molar-refractivity contribution is 9.10. The molecule has 4 nitrogen and oxygen atoms in total. The van der Waals surface area contributed by atoms with E-state index in [9.17, 15) is 4.79 Å². The molecule has 1 heterocycles. The predicted octanol–water partition coefficient (Wildman–Crippen LogP) is 5.05. The van der Waals surface area contributed by atoms with Crippen molar-refractivity contribution in [1.29, 1.82) is 0 Å². The van der Waals surface area contributed by atoms with Crippen molar-refractivity contribution < 1.29 is 4.79 Å². The Morgan fingerprint density at radius 1 is 1.15 bits per heavy atom. The van der Waals surface area contributed by atoms with E-state index in [0.29, 0.717) is 5.56 Å². The second-order valence-corrected chi connectivity index (χ2v) is 7.56. The molecular formula is C21H22BrN3O. The van der Waals surface area contributed by atoms with Gasteiger partial charge in [0.1, 0.15) is 0 Å². The van der Waals surface area contributed by atoms with Gasteiger partial charge in [-0.1, -0.05) is 28.1 Å². The van der Waals surface area contributed by atoms with Crippen LogP contribution in [0.1, 0.15) is 22.8 Å². The maximum absolute atomic E-state index is 12.1. The van der Waals surface area contributed by atoms with Crippen LogP contribution in [-0.4, -0.2) is 36.3 Å². The van der Waals surface area contributed by atoms with Crippen molar-refractivity contribution in [2.75, 3.05) is 26.0 Å². The smallest absolute Gasteiger partial charge is 0.163 e. The van der Waals surface area contributed by atoms with Gasteiger partial charge in [0.2, 0.25) is 0 Å². The van der Waals surface area contributed by atoms with E-state index in [-0.39, 0.29) is 5.78 Å². The fourth-order valence-corrected chi connectivity index (χ4v) is 3.18. The Balaban J connectivity index is 1.95. The lowest BCUT2D eigenvalue weighted by Gasteiger charge is -2.14. The molecule has 0 amide bonds. The number of ketones is 1. The number of likely N-dealkylation sites (N-methyl/N-ethyl adjacent to an activating group) is 1. The first-order valence-corrected chi connectivity index (χ1v) is 9.33. The van der Waals surface area contributed by atoms with Gasteiger partial charge >= 0.3 is 0 Å². The Hall–Kier alpha value is -2.24. The van der Waals surface area contributed by atoms with Crippen LogP contribution in [0.15, 0.2) is 53.1 Å². The molecule has 0 aliphatic heterocycles. The molecule has 0 saturated carbocycles. The van der Waals surface area contributed by atoms with Crippen LogP contribution in [0.3, 0.4) is 0 Å². The first kappa shape index (κ1) is 18.5. The highest BCUT2D eigenvalue weighted by Gasteiger charge is 2.13. The zero-order valence-electron chi connectivity index (χ0n) is 15.2. The number of carbonyl (C=O) groups is 1. The fourth-order valence-electron chi connectivity index (χ4n) is 2.82. The van der Waals surface area contributed by atoms with Crippen molar-refractivity contribution in [3.63, 3.8) is 0 Å². The lowest BCUT2D eigenvalue weighted by molar-refractivity contribution is 0.101. The van der Waals surface area contributed by atoms with Crippen molar-refractivity contribution in [3.8, 4) is 0 Å². The van der Waals surface area contributed by atoms with Gasteiger partial charge in [0, 0.05) is 28.3 Å². The van der Waals surface area contributed by atoms with Gasteiger partial charge in [-0.15, -0.1) is 0 Å². The van der Waals surface area contributed by atoms with E-state index in [1.165, 1.54) is 5.56 Å². The van der Waals surface area contributed by atoms with E-state index in [1.54, 1.807) is 13.1 Å². The Labute approximate surface area is 162 Å². The van der Waals surface area contributed by atoms with Gasteiger partial charge in [-0.3, -0.25) is 9.78 Å². The summed E-state index contributed by atoms with van der Waals surface area (Å²) in [5.41, 5.74) is 4.48. The number of fused-ring (bicyclic) bond motifs is 1. The van der Waals surface area contributed by atoms with Gasteiger partial charge in [-0.05, 0) is 63.3 Å². The number of nitrogens with zero attached hydrogens (tertiary/aromatic N) is 2. The molecule has 0 atom stereocenters. The van der Waals surface area contributed by atoms with Gasteiger partial charge in [0.15, 0.2) is 5.78 Å². The van der Waals surface area contributed by atoms with Crippen LogP contribution in [0.25, 0.3) is 10.9 Å². The zero-order chi connectivity index (χ0) is 18.7. The quantitative estimate of drug-likeness (QED) is 0.576. The first-order valence-electron chi connectivity index (χ1n) is 8.54. The number of pyridine rings is 1. The number of carbonyl (C=O) groups excluding carboxylic acids is 1. The summed E-state index contributed by atoms with van der Waals surface area (Å²) < 4.78 is 0.953. The molecule has 134 valence electrons. The average Bonchev–Trinajstić information content (AvgIpc) is 2.61. The summed E-state index contributed by atoms with van der Waals surface area (Å²) in [7, 11) is 4.15. The molecule has 3 aromatic rings. The summed E-state index contributed by atoms with van der Waals surface area (Å²) in [5.74, 6) is -0.00974. The van der Waals surface area contributed by atoms with Crippen LogP contribution >= 0.6 is 15.9 Å². The normalized spacial score (nSPS) is 11.1. The number of halogens is 1. The zero-order valence-corrected chi connectivity index (χ0v) is 16.8. The second-order valence-electron chi connectivity index (χ2n) is 6.64. The predicted molar refractivity (Wildman–Crippen MR) is 111 cm³/mol. The number of benzene rings is 2. The number of Topliss-reactive ketones (excluding diaryl/α,β-unsaturated/α-hetero) is 1. The SMILES string of the molecule is CC(=O)c1cnc2ccc(Br)cc2c1Nc1ccc(CCN(C)C)cc1. The maximum Gasteiger partial charge on any atom is 0.163 e. The molecule has 0 radical (unpaired) electrons. The molecular weight excluding hydrogens is 390 g/mol. The van der Waals surface area contributed by atoms with Crippen LogP contribution in [0.5, 0.6) is 0 Å². The molecule has 2 aromatic carbocycles. The third-order valence-corrected chi connectivity index (χ3v) is 4.77. The van der Waals surface area contributed by atoms with Crippen molar-refractivity contribution in [2.45, 2.75) is 13.3 Å². The monoisotopic (exact) mass is 411 g/mol. The molecule has 0 saturated heterocycles. The fraction of sp³-hybridized carbons (Fsp3) is 0.238. The maximum atomic E-state index is 12.1. The molecule has 3 rings (SSSR count). The molecule has 0 unspecified atom stereocenters. The summed E-state index contributed by atoms with van der Waals surface area (Å²) in [6, 6.07) is 14.2. The van der Waals surface area contributed by atoms with Crippen LogP contribution in [0.2, 0.25) is 0 Å². The largest absolute Gasteiger partial charge is 0.354 e. The topological polar surface area (TPSA) is 45.2 Å². The number of rotatable bonds is 6. The molecule has 0 fully saturated rings. The summed E-state index contributed by atoms with van der Waals surface area (Å²) in [5, 5.41) is 4.34. The van der Waals surface area contributed by atoms with Crippen molar-refractivity contribution in [2.24, 2.45) is 0 Å². The van der Waals surface area contributed by atoms with Gasteiger partial charge in [0.25, 0.3) is 0 Å². The molecule has 26 heavy (non-hydrogen) atoms. The van der Waals surface area contributed by atoms with Crippen molar-refractivity contribution in [1.82, 2.24) is 9.88 Å². The van der Waals surface area contributed by atoms with E-state index < -0.39 is 0 Å². The average molecular weight is 412 g/mol. The Kier molecular flexibility index (Phi) is 5.69. The van der Waals surface area contributed by atoms with Gasteiger partial charge in [-0.25, -0.2) is 0 Å². The number of hydrogen-bond acceptors (Lipinski definition) is 4.